The number of nitrogens with one attached hydrogen (secondary N) is 1. The van der Waals surface area contributed by atoms with Crippen LogP contribution in [0.25, 0.3) is 0 Å². The molecule has 110 valence electrons. The molecular weight excluding hydrogens is 242 g/mol. The first-order chi connectivity index (χ1) is 8.85. The molecule has 0 aromatic carbocycles. The molecule has 0 aliphatic carbocycles. The summed E-state index contributed by atoms with van der Waals surface area (Å²) in [5.74, 6) is -0.0788. The lowest BCUT2D eigenvalue weighted by atomic mass is 9.94. The summed E-state index contributed by atoms with van der Waals surface area (Å²) in [4.78, 5) is 14.7. The van der Waals surface area contributed by atoms with Gasteiger partial charge in [-0.05, 0) is 40.5 Å². The van der Waals surface area contributed by atoms with Gasteiger partial charge in [-0.15, -0.1) is 0 Å². The van der Waals surface area contributed by atoms with E-state index in [1.807, 2.05) is 0 Å². The number of hydrogen-bond acceptors (Lipinski definition) is 4. The molecular formula is C14H27N3O2. The van der Waals surface area contributed by atoms with Gasteiger partial charge in [-0.3, -0.25) is 15.1 Å². The Morgan fingerprint density at radius 3 is 2.26 bits per heavy atom. The number of hydrogen-bond donors (Lipinski definition) is 2. The third-order valence-electron chi connectivity index (χ3n) is 4.48. The van der Waals surface area contributed by atoms with Crippen molar-refractivity contribution in [2.75, 3.05) is 19.7 Å². The number of nitrogens with zero attached hydrogens (tertiary/aromatic N) is 2. The summed E-state index contributed by atoms with van der Waals surface area (Å²) in [6.07, 6.45) is 2.29. The fourth-order valence-electron chi connectivity index (χ4n) is 2.88. The van der Waals surface area contributed by atoms with Crippen molar-refractivity contribution in [1.29, 1.82) is 0 Å². The molecule has 2 N–H and O–H groups in total. The summed E-state index contributed by atoms with van der Waals surface area (Å²) in [7, 11) is 0. The smallest absolute Gasteiger partial charge is 0.242 e. The molecule has 2 saturated heterocycles. The molecule has 0 unspecified atom stereocenters. The molecule has 2 rings (SSSR count). The molecule has 1 amide bonds. The number of carbonyl (C=O) groups is 1. The average Bonchev–Trinajstić information content (AvgIpc) is 2.60. The minimum atomic E-state index is -0.714. The highest BCUT2D eigenvalue weighted by atomic mass is 16.3. The summed E-state index contributed by atoms with van der Waals surface area (Å²) < 4.78 is 0. The van der Waals surface area contributed by atoms with Gasteiger partial charge in [-0.2, -0.15) is 0 Å². The molecule has 0 aromatic rings. The van der Waals surface area contributed by atoms with E-state index in [1.54, 1.807) is 13.8 Å². The van der Waals surface area contributed by atoms with Crippen LogP contribution < -0.4 is 5.43 Å². The molecule has 5 heteroatoms. The normalized spacial score (nSPS) is 28.9. The third-order valence-corrected chi connectivity index (χ3v) is 4.48. The second-order valence-electron chi connectivity index (χ2n) is 6.82. The van der Waals surface area contributed by atoms with E-state index in [9.17, 15) is 9.90 Å². The van der Waals surface area contributed by atoms with Gasteiger partial charge in [0.2, 0.25) is 5.91 Å². The van der Waals surface area contributed by atoms with E-state index in [4.69, 9.17) is 0 Å². The van der Waals surface area contributed by atoms with Gasteiger partial charge < -0.3 is 5.11 Å². The maximum atomic E-state index is 12.2. The quantitative estimate of drug-likeness (QED) is 0.784. The standard InChI is InChI=1S/C14H27N3O2/c1-10(2)16-7-11-5-6-12(8-16)17(11)15-13(19)14(3,4)9-18/h10-12,18H,5-9H2,1-4H3,(H,15,19)/t11-,12+. The first-order valence-corrected chi connectivity index (χ1v) is 7.29. The maximum absolute atomic E-state index is 12.2. The number of aliphatic hydroxyl groups excluding tert-OH is 1. The molecule has 2 bridgehead atoms. The van der Waals surface area contributed by atoms with Crippen molar-refractivity contribution in [3.8, 4) is 0 Å². The van der Waals surface area contributed by atoms with Crippen LogP contribution in [0.4, 0.5) is 0 Å². The summed E-state index contributed by atoms with van der Waals surface area (Å²) in [6.45, 7) is 9.91. The van der Waals surface area contributed by atoms with E-state index in [2.05, 4.69) is 29.2 Å². The van der Waals surface area contributed by atoms with E-state index >= 15 is 0 Å². The monoisotopic (exact) mass is 269 g/mol. The number of likely N-dealkylation sites (tertiary alicyclic amines) is 1. The average molecular weight is 269 g/mol. The molecule has 0 saturated carbocycles. The highest BCUT2D eigenvalue weighted by Crippen LogP contribution is 2.30. The van der Waals surface area contributed by atoms with Crippen LogP contribution in [0.5, 0.6) is 0 Å². The van der Waals surface area contributed by atoms with Crippen molar-refractivity contribution < 1.29 is 9.90 Å². The Kier molecular flexibility index (Phi) is 4.18. The molecule has 2 fully saturated rings. The zero-order valence-electron chi connectivity index (χ0n) is 12.5. The van der Waals surface area contributed by atoms with Crippen molar-refractivity contribution in [2.45, 2.75) is 58.7 Å². The minimum Gasteiger partial charge on any atom is -0.395 e. The summed E-state index contributed by atoms with van der Waals surface area (Å²) in [5, 5.41) is 11.4. The van der Waals surface area contributed by atoms with Crippen molar-refractivity contribution in [3.63, 3.8) is 0 Å². The predicted octanol–water partition coefficient (Wildman–Crippen LogP) is 0.593. The topological polar surface area (TPSA) is 55.8 Å². The van der Waals surface area contributed by atoms with Gasteiger partial charge in [0.05, 0.1) is 12.0 Å². The van der Waals surface area contributed by atoms with Crippen molar-refractivity contribution >= 4 is 5.91 Å². The predicted molar refractivity (Wildman–Crippen MR) is 74.4 cm³/mol. The van der Waals surface area contributed by atoms with Gasteiger partial charge in [-0.1, -0.05) is 0 Å². The first-order valence-electron chi connectivity index (χ1n) is 7.29. The van der Waals surface area contributed by atoms with Crippen LogP contribution in [0.2, 0.25) is 0 Å². The summed E-state index contributed by atoms with van der Waals surface area (Å²) in [5.41, 5.74) is 2.33. The highest BCUT2D eigenvalue weighted by molar-refractivity contribution is 5.81. The van der Waals surface area contributed by atoms with E-state index in [1.165, 1.54) is 0 Å². The lowest BCUT2D eigenvalue weighted by molar-refractivity contribution is -0.140. The van der Waals surface area contributed by atoms with E-state index in [0.29, 0.717) is 18.1 Å². The Labute approximate surface area is 115 Å². The van der Waals surface area contributed by atoms with Gasteiger partial charge in [0.25, 0.3) is 0 Å². The highest BCUT2D eigenvalue weighted by Gasteiger charge is 2.42. The molecule has 0 radical (unpaired) electrons. The van der Waals surface area contributed by atoms with Crippen LogP contribution in [-0.4, -0.2) is 58.7 Å². The van der Waals surface area contributed by atoms with Crippen LogP contribution in [0.15, 0.2) is 0 Å². The van der Waals surface area contributed by atoms with Crippen LogP contribution >= 0.6 is 0 Å². The van der Waals surface area contributed by atoms with Gasteiger partial charge in [0, 0.05) is 31.2 Å². The van der Waals surface area contributed by atoms with Gasteiger partial charge in [0.1, 0.15) is 0 Å². The van der Waals surface area contributed by atoms with Crippen LogP contribution in [0.3, 0.4) is 0 Å². The molecule has 19 heavy (non-hydrogen) atoms. The largest absolute Gasteiger partial charge is 0.395 e. The zero-order chi connectivity index (χ0) is 14.2. The van der Waals surface area contributed by atoms with Gasteiger partial charge in [0.15, 0.2) is 0 Å². The molecule has 2 aliphatic heterocycles. The molecule has 2 aliphatic rings. The maximum Gasteiger partial charge on any atom is 0.242 e. The number of fused-ring (bicyclic) bond motifs is 2. The van der Waals surface area contributed by atoms with Crippen molar-refractivity contribution in [3.05, 3.63) is 0 Å². The second-order valence-corrected chi connectivity index (χ2v) is 6.82. The first kappa shape index (κ1) is 14.8. The van der Waals surface area contributed by atoms with Crippen LogP contribution in [0.1, 0.15) is 40.5 Å². The summed E-state index contributed by atoms with van der Waals surface area (Å²) >= 11 is 0. The molecule has 0 spiro atoms. The minimum absolute atomic E-state index is 0.0788. The van der Waals surface area contributed by atoms with Crippen molar-refractivity contribution in [1.82, 2.24) is 15.3 Å². The number of aliphatic hydroxyl groups is 1. The number of amides is 1. The number of hydrazine groups is 1. The van der Waals surface area contributed by atoms with E-state index in [-0.39, 0.29) is 12.5 Å². The van der Waals surface area contributed by atoms with E-state index < -0.39 is 5.41 Å². The van der Waals surface area contributed by atoms with E-state index in [0.717, 1.165) is 25.9 Å². The Balaban J connectivity index is 1.99. The van der Waals surface area contributed by atoms with Crippen molar-refractivity contribution in [2.24, 2.45) is 5.41 Å². The SMILES string of the molecule is CC(C)N1C[C@H]2CC[C@@H](C1)N2NC(=O)C(C)(C)CO. The third kappa shape index (κ3) is 2.93. The molecule has 0 aromatic heterocycles. The lowest BCUT2D eigenvalue weighted by Crippen LogP contribution is -2.62. The van der Waals surface area contributed by atoms with Crippen LogP contribution in [0, 0.1) is 5.41 Å². The number of rotatable bonds is 4. The fraction of sp³-hybridized carbons (Fsp3) is 0.929. The molecule has 2 heterocycles. The molecule has 5 nitrogen and oxygen atoms in total. The summed E-state index contributed by atoms with van der Waals surface area (Å²) in [6, 6.07) is 1.40. The Morgan fingerprint density at radius 1 is 1.32 bits per heavy atom. The molecule has 2 atom stereocenters. The second kappa shape index (κ2) is 5.38. The number of piperazine rings is 1. The Bertz CT molecular complexity index is 330. The zero-order valence-corrected chi connectivity index (χ0v) is 12.5. The fourth-order valence-corrected chi connectivity index (χ4v) is 2.88. The Morgan fingerprint density at radius 2 is 1.84 bits per heavy atom. The lowest BCUT2D eigenvalue weighted by Gasteiger charge is -2.43. The van der Waals surface area contributed by atoms with Crippen LogP contribution in [-0.2, 0) is 4.79 Å². The Hall–Kier alpha value is -0.650. The number of carbonyl (C=O) groups excluding carboxylic acids is 1. The van der Waals surface area contributed by atoms with Gasteiger partial charge >= 0.3 is 0 Å². The van der Waals surface area contributed by atoms with Gasteiger partial charge in [-0.25, -0.2) is 5.01 Å².